The first-order valence-corrected chi connectivity index (χ1v) is 11.3. The molecule has 9 heteroatoms. The van der Waals surface area contributed by atoms with E-state index in [2.05, 4.69) is 21.1 Å². The van der Waals surface area contributed by atoms with E-state index in [0.29, 0.717) is 35.2 Å². The van der Waals surface area contributed by atoms with Crippen molar-refractivity contribution in [1.29, 1.82) is 0 Å². The number of methoxy groups -OCH3 is 1. The minimum absolute atomic E-state index is 0.272. The molecule has 4 heterocycles. The summed E-state index contributed by atoms with van der Waals surface area (Å²) in [5.74, 6) is 1.72. The van der Waals surface area contributed by atoms with Crippen molar-refractivity contribution in [3.8, 4) is 28.3 Å². The van der Waals surface area contributed by atoms with Crippen LogP contribution in [0, 0.1) is 0 Å². The molecule has 34 heavy (non-hydrogen) atoms. The minimum Gasteiger partial charge on any atom is -0.495 e. The Hall–Kier alpha value is -4.14. The highest BCUT2D eigenvalue weighted by molar-refractivity contribution is 5.96. The van der Waals surface area contributed by atoms with Crippen LogP contribution < -0.4 is 15.2 Å². The fourth-order valence-corrected chi connectivity index (χ4v) is 4.63. The molecule has 1 aliphatic rings. The number of nitrogens with zero attached hydrogens (tertiary/aromatic N) is 5. The van der Waals surface area contributed by atoms with Gasteiger partial charge in [-0.3, -0.25) is 19.2 Å². The number of fused-ring (bicyclic) bond motifs is 2. The van der Waals surface area contributed by atoms with Gasteiger partial charge in [-0.2, -0.15) is 5.10 Å². The van der Waals surface area contributed by atoms with Crippen molar-refractivity contribution in [1.82, 2.24) is 29.3 Å². The summed E-state index contributed by atoms with van der Waals surface area (Å²) in [5, 5.41) is 5.15. The minimum atomic E-state index is -0.272. The molecule has 9 nitrogen and oxygen atoms in total. The van der Waals surface area contributed by atoms with Crippen molar-refractivity contribution < 1.29 is 9.47 Å². The molecule has 0 atom stereocenters. The zero-order valence-corrected chi connectivity index (χ0v) is 19.2. The molecule has 1 fully saturated rings. The molecule has 0 bridgehead atoms. The number of hydrogen-bond acceptors (Lipinski definition) is 6. The molecule has 6 rings (SSSR count). The molecule has 5 aromatic rings. The van der Waals surface area contributed by atoms with Gasteiger partial charge in [-0.15, -0.1) is 0 Å². The van der Waals surface area contributed by atoms with Crippen LogP contribution in [0.15, 0.2) is 47.8 Å². The van der Waals surface area contributed by atoms with Crippen molar-refractivity contribution >= 4 is 22.1 Å². The first-order chi connectivity index (χ1) is 16.6. The second kappa shape index (κ2) is 7.72. The standard InChI is InChI=1S/C25H24N6O3/c1-4-34-20-7-8-26-24-22(20)31(25(32)29-24)16-9-17(14-5-6-14)21-18(10-16)23(33-3)19(12-27-21)15-11-28-30(2)13-15/h7-14H,4-6H2,1-3H3,(H,26,29,32). The molecule has 0 amide bonds. The van der Waals surface area contributed by atoms with Crippen LogP contribution in [0.4, 0.5) is 0 Å². The summed E-state index contributed by atoms with van der Waals surface area (Å²) in [6.07, 6.45) is 9.40. The predicted molar refractivity (Wildman–Crippen MR) is 129 cm³/mol. The lowest BCUT2D eigenvalue weighted by Gasteiger charge is -2.15. The van der Waals surface area contributed by atoms with E-state index in [0.717, 1.165) is 46.1 Å². The molecular weight excluding hydrogens is 432 g/mol. The maximum absolute atomic E-state index is 13.1. The number of aromatic nitrogens is 6. The number of hydrogen-bond donors (Lipinski definition) is 1. The summed E-state index contributed by atoms with van der Waals surface area (Å²) in [6.45, 7) is 2.40. The van der Waals surface area contributed by atoms with Crippen molar-refractivity contribution in [2.24, 2.45) is 7.05 Å². The smallest absolute Gasteiger partial charge is 0.332 e. The number of nitrogens with one attached hydrogen (secondary N) is 1. The van der Waals surface area contributed by atoms with Gasteiger partial charge in [-0.25, -0.2) is 9.78 Å². The van der Waals surface area contributed by atoms with Gasteiger partial charge >= 0.3 is 5.69 Å². The summed E-state index contributed by atoms with van der Waals surface area (Å²) in [5.41, 5.74) is 5.33. The van der Waals surface area contributed by atoms with Gasteiger partial charge in [0.05, 0.1) is 31.1 Å². The molecule has 1 aliphatic carbocycles. The van der Waals surface area contributed by atoms with Crippen molar-refractivity contribution in [3.05, 3.63) is 59.0 Å². The van der Waals surface area contributed by atoms with Gasteiger partial charge < -0.3 is 9.47 Å². The molecule has 0 spiro atoms. The van der Waals surface area contributed by atoms with Crippen LogP contribution in [-0.2, 0) is 7.05 Å². The van der Waals surface area contributed by atoms with E-state index >= 15 is 0 Å². The maximum atomic E-state index is 13.1. The van der Waals surface area contributed by atoms with Crippen LogP contribution in [0.5, 0.6) is 11.5 Å². The highest BCUT2D eigenvalue weighted by atomic mass is 16.5. The third kappa shape index (κ3) is 3.15. The average Bonchev–Trinajstić information content (AvgIpc) is 3.50. The molecule has 0 aliphatic heterocycles. The van der Waals surface area contributed by atoms with E-state index in [4.69, 9.17) is 14.5 Å². The molecule has 0 saturated heterocycles. The molecule has 1 aromatic carbocycles. The Morgan fingerprint density at radius 3 is 2.76 bits per heavy atom. The van der Waals surface area contributed by atoms with Crippen molar-refractivity contribution in [3.63, 3.8) is 0 Å². The van der Waals surface area contributed by atoms with Crippen molar-refractivity contribution in [2.45, 2.75) is 25.7 Å². The van der Waals surface area contributed by atoms with Gasteiger partial charge in [0, 0.05) is 48.2 Å². The summed E-state index contributed by atoms with van der Waals surface area (Å²) >= 11 is 0. The van der Waals surface area contributed by atoms with Gasteiger partial charge in [-0.1, -0.05) is 0 Å². The van der Waals surface area contributed by atoms with Crippen LogP contribution >= 0.6 is 0 Å². The van der Waals surface area contributed by atoms with Gasteiger partial charge in [-0.05, 0) is 43.4 Å². The lowest BCUT2D eigenvalue weighted by Crippen LogP contribution is -2.15. The number of imidazole rings is 1. The molecule has 0 radical (unpaired) electrons. The van der Waals surface area contributed by atoms with Crippen LogP contribution in [0.25, 0.3) is 38.9 Å². The SMILES string of the molecule is CCOc1ccnc2[nH]c(=O)n(-c3cc(C4CC4)c4ncc(-c5cnn(C)c5)c(OC)c4c3)c12. The average molecular weight is 457 g/mol. The lowest BCUT2D eigenvalue weighted by atomic mass is 10.0. The molecule has 172 valence electrons. The summed E-state index contributed by atoms with van der Waals surface area (Å²) in [6, 6.07) is 5.80. The number of rotatable bonds is 6. The fourth-order valence-electron chi connectivity index (χ4n) is 4.63. The number of benzene rings is 1. The Balaban J connectivity index is 1.67. The zero-order valence-electron chi connectivity index (χ0n) is 19.2. The summed E-state index contributed by atoms with van der Waals surface area (Å²) in [7, 11) is 3.54. The van der Waals surface area contributed by atoms with Gasteiger partial charge in [0.1, 0.15) is 17.0 Å². The van der Waals surface area contributed by atoms with E-state index in [1.54, 1.807) is 34.8 Å². The molecule has 1 saturated carbocycles. The first kappa shape index (κ1) is 20.5. The quantitative estimate of drug-likeness (QED) is 0.415. The monoisotopic (exact) mass is 456 g/mol. The predicted octanol–water partition coefficient (Wildman–Crippen LogP) is 3.95. The largest absolute Gasteiger partial charge is 0.495 e. The molecule has 0 unspecified atom stereocenters. The van der Waals surface area contributed by atoms with Crippen LogP contribution in [0.2, 0.25) is 0 Å². The first-order valence-electron chi connectivity index (χ1n) is 11.3. The van der Waals surface area contributed by atoms with E-state index in [1.807, 2.05) is 32.4 Å². The molecule has 4 aromatic heterocycles. The van der Waals surface area contributed by atoms with Crippen molar-refractivity contribution in [2.75, 3.05) is 13.7 Å². The lowest BCUT2D eigenvalue weighted by molar-refractivity contribution is 0.343. The second-order valence-corrected chi connectivity index (χ2v) is 8.52. The number of ether oxygens (including phenoxy) is 2. The Morgan fingerprint density at radius 1 is 1.21 bits per heavy atom. The van der Waals surface area contributed by atoms with E-state index in [9.17, 15) is 4.79 Å². The van der Waals surface area contributed by atoms with Gasteiger partial charge in [0.25, 0.3) is 0 Å². The third-order valence-electron chi connectivity index (χ3n) is 6.27. The Morgan fingerprint density at radius 2 is 2.06 bits per heavy atom. The van der Waals surface area contributed by atoms with E-state index in [-0.39, 0.29) is 5.69 Å². The Bertz CT molecular complexity index is 1610. The third-order valence-corrected chi connectivity index (χ3v) is 6.27. The van der Waals surface area contributed by atoms with Crippen LogP contribution in [-0.4, -0.2) is 43.0 Å². The summed E-state index contributed by atoms with van der Waals surface area (Å²) < 4.78 is 15.1. The fraction of sp³-hybridized carbons (Fsp3) is 0.280. The van der Waals surface area contributed by atoms with Crippen LogP contribution in [0.1, 0.15) is 31.2 Å². The normalized spacial score (nSPS) is 13.6. The molecule has 1 N–H and O–H groups in total. The number of H-pyrrole nitrogens is 1. The highest BCUT2D eigenvalue weighted by Gasteiger charge is 2.29. The van der Waals surface area contributed by atoms with E-state index in [1.165, 1.54) is 0 Å². The Labute approximate surface area is 195 Å². The topological polar surface area (TPSA) is 99.9 Å². The summed E-state index contributed by atoms with van der Waals surface area (Å²) in [4.78, 5) is 25.2. The Kier molecular flexibility index (Phi) is 4.65. The molecular formula is C25H24N6O3. The van der Waals surface area contributed by atoms with Crippen LogP contribution in [0.3, 0.4) is 0 Å². The maximum Gasteiger partial charge on any atom is 0.332 e. The second-order valence-electron chi connectivity index (χ2n) is 8.52. The number of pyridine rings is 2. The highest BCUT2D eigenvalue weighted by Crippen LogP contribution is 2.46. The van der Waals surface area contributed by atoms with Gasteiger partial charge in [0.15, 0.2) is 5.65 Å². The number of aromatic amines is 1. The van der Waals surface area contributed by atoms with Gasteiger partial charge in [0.2, 0.25) is 0 Å². The zero-order chi connectivity index (χ0) is 23.4. The van der Waals surface area contributed by atoms with E-state index < -0.39 is 0 Å². The number of aryl methyl sites for hydroxylation is 1.